The van der Waals surface area contributed by atoms with Gasteiger partial charge in [0.2, 0.25) is 0 Å². The molecule has 0 atom stereocenters. The van der Waals surface area contributed by atoms with Crippen LogP contribution in [0.25, 0.3) is 6.08 Å². The van der Waals surface area contributed by atoms with Gasteiger partial charge in [0.25, 0.3) is 5.91 Å². The zero-order valence-corrected chi connectivity index (χ0v) is 20.7. The number of amides is 1. The Balaban J connectivity index is 1.69. The minimum absolute atomic E-state index is 0.0315. The Morgan fingerprint density at radius 3 is 2.38 bits per heavy atom. The molecule has 0 saturated carbocycles. The number of aliphatic carboxylic acids is 1. The summed E-state index contributed by atoms with van der Waals surface area (Å²) in [6.07, 6.45) is 2.24. The van der Waals surface area contributed by atoms with Gasteiger partial charge in [0.05, 0.1) is 39.3 Å². The lowest BCUT2D eigenvalue weighted by molar-refractivity contribution is -0.137. The van der Waals surface area contributed by atoms with Gasteiger partial charge in [0.1, 0.15) is 4.32 Å². The number of carbonyl (C=O) groups is 2. The van der Waals surface area contributed by atoms with E-state index < -0.39 is 5.97 Å². The minimum atomic E-state index is -0.941. The third-order valence-corrected chi connectivity index (χ3v) is 6.38. The summed E-state index contributed by atoms with van der Waals surface area (Å²) in [6.45, 7) is 0.473. The molecule has 1 heterocycles. The molecular formula is C24H25NO7S2. The molecule has 1 saturated heterocycles. The van der Waals surface area contributed by atoms with Crippen molar-refractivity contribution in [2.24, 2.45) is 0 Å². The molecule has 10 heteroatoms. The van der Waals surface area contributed by atoms with Crippen molar-refractivity contribution in [3.63, 3.8) is 0 Å². The van der Waals surface area contributed by atoms with Gasteiger partial charge in [-0.15, -0.1) is 0 Å². The van der Waals surface area contributed by atoms with E-state index in [4.69, 9.17) is 36.3 Å². The fourth-order valence-corrected chi connectivity index (χ4v) is 4.57. The highest BCUT2D eigenvalue weighted by Gasteiger charge is 2.31. The van der Waals surface area contributed by atoms with Gasteiger partial charge in [-0.2, -0.15) is 0 Å². The molecule has 2 aromatic carbocycles. The number of hydrogen-bond donors (Lipinski definition) is 1. The number of hydrogen-bond acceptors (Lipinski definition) is 8. The highest BCUT2D eigenvalue weighted by molar-refractivity contribution is 8.26. The SMILES string of the molecule is COc1ccc(CCN2C(=O)/C(=C\c3ccc(OCCC(=O)O)c(OC)c3)SC2=S)cc1OC. The van der Waals surface area contributed by atoms with Crippen LogP contribution in [0.3, 0.4) is 0 Å². The van der Waals surface area contributed by atoms with Crippen LogP contribution in [0.2, 0.25) is 0 Å². The monoisotopic (exact) mass is 503 g/mol. The van der Waals surface area contributed by atoms with E-state index in [0.717, 1.165) is 11.1 Å². The lowest BCUT2D eigenvalue weighted by atomic mass is 10.1. The summed E-state index contributed by atoms with van der Waals surface area (Å²) >= 11 is 6.69. The van der Waals surface area contributed by atoms with Crippen LogP contribution in [0.4, 0.5) is 0 Å². The first-order valence-corrected chi connectivity index (χ1v) is 11.6. The van der Waals surface area contributed by atoms with Gasteiger partial charge in [0.15, 0.2) is 23.0 Å². The summed E-state index contributed by atoms with van der Waals surface area (Å²) in [5.41, 5.74) is 1.74. The molecule has 0 unspecified atom stereocenters. The van der Waals surface area contributed by atoms with Crippen molar-refractivity contribution < 1.29 is 33.6 Å². The maximum atomic E-state index is 13.0. The first kappa shape index (κ1) is 25.4. The van der Waals surface area contributed by atoms with Crippen molar-refractivity contribution >= 4 is 46.3 Å². The van der Waals surface area contributed by atoms with Crippen molar-refractivity contribution in [2.75, 3.05) is 34.5 Å². The average molecular weight is 504 g/mol. The van der Waals surface area contributed by atoms with Crippen LogP contribution < -0.4 is 18.9 Å². The largest absolute Gasteiger partial charge is 0.493 e. The van der Waals surface area contributed by atoms with E-state index in [1.54, 1.807) is 43.4 Å². The van der Waals surface area contributed by atoms with Crippen LogP contribution in [0.5, 0.6) is 23.0 Å². The van der Waals surface area contributed by atoms with E-state index in [1.165, 1.54) is 18.9 Å². The predicted molar refractivity (Wildman–Crippen MR) is 134 cm³/mol. The Morgan fingerprint density at radius 1 is 1.03 bits per heavy atom. The van der Waals surface area contributed by atoms with Gasteiger partial charge < -0.3 is 24.1 Å². The third-order valence-electron chi connectivity index (χ3n) is 5.00. The van der Waals surface area contributed by atoms with Crippen molar-refractivity contribution in [3.8, 4) is 23.0 Å². The smallest absolute Gasteiger partial charge is 0.306 e. The highest BCUT2D eigenvalue weighted by Crippen LogP contribution is 2.35. The lowest BCUT2D eigenvalue weighted by Crippen LogP contribution is -2.30. The van der Waals surface area contributed by atoms with Crippen LogP contribution in [0, 0.1) is 0 Å². The van der Waals surface area contributed by atoms with E-state index >= 15 is 0 Å². The molecular weight excluding hydrogens is 478 g/mol. The maximum Gasteiger partial charge on any atom is 0.306 e. The Kier molecular flexibility index (Phi) is 8.78. The number of carboxylic acid groups (broad SMARTS) is 1. The average Bonchev–Trinajstić information content (AvgIpc) is 3.09. The van der Waals surface area contributed by atoms with Crippen LogP contribution in [0.15, 0.2) is 41.3 Å². The number of benzene rings is 2. The molecule has 8 nitrogen and oxygen atoms in total. The maximum absolute atomic E-state index is 13.0. The first-order valence-electron chi connectivity index (χ1n) is 10.3. The van der Waals surface area contributed by atoms with Gasteiger partial charge in [-0.05, 0) is 47.9 Å². The summed E-state index contributed by atoms with van der Waals surface area (Å²) in [5.74, 6) is 1.06. The van der Waals surface area contributed by atoms with Crippen LogP contribution in [0.1, 0.15) is 17.5 Å². The summed E-state index contributed by atoms with van der Waals surface area (Å²) in [7, 11) is 4.66. The van der Waals surface area contributed by atoms with E-state index in [-0.39, 0.29) is 18.9 Å². The molecule has 34 heavy (non-hydrogen) atoms. The fourth-order valence-electron chi connectivity index (χ4n) is 3.26. The van der Waals surface area contributed by atoms with E-state index in [2.05, 4.69) is 0 Å². The molecule has 0 aromatic heterocycles. The predicted octanol–water partition coefficient (Wildman–Crippen LogP) is 4.01. The third kappa shape index (κ3) is 6.21. The molecule has 1 amide bonds. The molecule has 1 aliphatic rings. The molecule has 180 valence electrons. The summed E-state index contributed by atoms with van der Waals surface area (Å²) in [6, 6.07) is 10.8. The Labute approximate surface area is 207 Å². The summed E-state index contributed by atoms with van der Waals surface area (Å²) in [4.78, 5) is 25.8. The molecule has 3 rings (SSSR count). The molecule has 1 N–H and O–H groups in total. The van der Waals surface area contributed by atoms with Gasteiger partial charge in [-0.1, -0.05) is 36.1 Å². The Bertz CT molecular complexity index is 1120. The number of rotatable bonds is 11. The molecule has 2 aromatic rings. The van der Waals surface area contributed by atoms with Gasteiger partial charge in [-0.3, -0.25) is 14.5 Å². The Hall–Kier alpha value is -3.24. The van der Waals surface area contributed by atoms with E-state index in [1.807, 2.05) is 18.2 Å². The van der Waals surface area contributed by atoms with E-state index in [0.29, 0.717) is 45.2 Å². The zero-order chi connectivity index (χ0) is 24.7. The Morgan fingerprint density at radius 2 is 1.71 bits per heavy atom. The molecule has 1 fully saturated rings. The number of carboxylic acids is 1. The zero-order valence-electron chi connectivity index (χ0n) is 19.0. The van der Waals surface area contributed by atoms with Crippen molar-refractivity contribution in [1.29, 1.82) is 0 Å². The second kappa shape index (κ2) is 11.8. The minimum Gasteiger partial charge on any atom is -0.493 e. The molecule has 1 aliphatic heterocycles. The van der Waals surface area contributed by atoms with Crippen molar-refractivity contribution in [2.45, 2.75) is 12.8 Å². The number of nitrogens with zero attached hydrogens (tertiary/aromatic N) is 1. The van der Waals surface area contributed by atoms with E-state index in [9.17, 15) is 9.59 Å². The second-order valence-electron chi connectivity index (χ2n) is 7.18. The number of thioether (sulfide) groups is 1. The van der Waals surface area contributed by atoms with Crippen molar-refractivity contribution in [3.05, 3.63) is 52.4 Å². The van der Waals surface area contributed by atoms with Crippen molar-refractivity contribution in [1.82, 2.24) is 4.90 Å². The van der Waals surface area contributed by atoms with Gasteiger partial charge in [-0.25, -0.2) is 0 Å². The fraction of sp³-hybridized carbons (Fsp3) is 0.292. The molecule has 0 aliphatic carbocycles. The second-order valence-corrected chi connectivity index (χ2v) is 8.85. The van der Waals surface area contributed by atoms with Crippen LogP contribution in [-0.2, 0) is 16.0 Å². The summed E-state index contributed by atoms with van der Waals surface area (Å²) in [5, 5.41) is 8.76. The topological polar surface area (TPSA) is 94.5 Å². The molecule has 0 radical (unpaired) electrons. The number of ether oxygens (including phenoxy) is 4. The number of thiocarbonyl (C=S) groups is 1. The first-order chi connectivity index (χ1) is 16.4. The van der Waals surface area contributed by atoms with Gasteiger partial charge in [0, 0.05) is 6.54 Å². The highest BCUT2D eigenvalue weighted by atomic mass is 32.2. The van der Waals surface area contributed by atoms with Gasteiger partial charge >= 0.3 is 5.97 Å². The quantitative estimate of drug-likeness (QED) is 0.360. The van der Waals surface area contributed by atoms with Crippen LogP contribution in [-0.4, -0.2) is 60.7 Å². The molecule has 0 spiro atoms. The normalized spacial score (nSPS) is 14.4. The van der Waals surface area contributed by atoms with Crippen LogP contribution >= 0.6 is 24.0 Å². The lowest BCUT2D eigenvalue weighted by Gasteiger charge is -2.15. The number of methoxy groups -OCH3 is 3. The standard InChI is InChI=1S/C24H25NO7S2/c1-29-17-6-4-15(12-19(17)30-2)8-10-25-23(28)21(34-24(25)33)14-16-5-7-18(20(13-16)31-3)32-11-9-22(26)27/h4-7,12-14H,8-11H2,1-3H3,(H,26,27)/b21-14+. The molecule has 0 bridgehead atoms. The summed E-state index contributed by atoms with van der Waals surface area (Å²) < 4.78 is 21.9. The number of carbonyl (C=O) groups excluding carboxylic acids is 1.